The summed E-state index contributed by atoms with van der Waals surface area (Å²) in [7, 11) is -3.14. The van der Waals surface area contributed by atoms with Crippen molar-refractivity contribution in [3.63, 3.8) is 0 Å². The maximum Gasteiger partial charge on any atom is 0.247 e. The van der Waals surface area contributed by atoms with Crippen LogP contribution in [-0.4, -0.2) is 36.8 Å². The molecule has 1 aliphatic heterocycles. The molecule has 1 fully saturated rings. The van der Waals surface area contributed by atoms with Crippen LogP contribution >= 0.6 is 11.6 Å². The average molecular weight is 456 g/mol. The minimum Gasteiger partial charge on any atom is -0.459 e. The maximum atomic E-state index is 13.0. The lowest BCUT2D eigenvalue weighted by molar-refractivity contribution is -0.128. The predicted molar refractivity (Wildman–Crippen MR) is 122 cm³/mol. The van der Waals surface area contributed by atoms with Crippen LogP contribution in [-0.2, 0) is 21.2 Å². The Labute approximate surface area is 186 Å². The van der Waals surface area contributed by atoms with Crippen molar-refractivity contribution in [1.29, 1.82) is 0 Å². The Morgan fingerprint density at radius 1 is 1.10 bits per heavy atom. The number of rotatable bonds is 6. The molecule has 0 aliphatic carbocycles. The minimum absolute atomic E-state index is 0.0280. The van der Waals surface area contributed by atoms with Crippen molar-refractivity contribution in [2.75, 3.05) is 11.5 Å². The van der Waals surface area contributed by atoms with E-state index >= 15 is 0 Å². The molecule has 1 aliphatic rings. The lowest BCUT2D eigenvalue weighted by Gasteiger charge is -2.26. The van der Waals surface area contributed by atoms with Gasteiger partial charge >= 0.3 is 0 Å². The summed E-state index contributed by atoms with van der Waals surface area (Å²) >= 11 is 6.07. The van der Waals surface area contributed by atoms with Crippen molar-refractivity contribution in [2.24, 2.45) is 0 Å². The number of sulfone groups is 1. The highest BCUT2D eigenvalue weighted by Crippen LogP contribution is 2.27. The van der Waals surface area contributed by atoms with E-state index in [-0.39, 0.29) is 30.0 Å². The van der Waals surface area contributed by atoms with E-state index in [1.165, 1.54) is 6.08 Å². The molecule has 4 rings (SSSR count). The minimum atomic E-state index is -3.14. The molecule has 0 saturated carbocycles. The van der Waals surface area contributed by atoms with Gasteiger partial charge in [0, 0.05) is 22.7 Å². The van der Waals surface area contributed by atoms with Crippen molar-refractivity contribution in [1.82, 2.24) is 4.90 Å². The van der Waals surface area contributed by atoms with E-state index in [1.807, 2.05) is 48.5 Å². The summed E-state index contributed by atoms with van der Waals surface area (Å²) in [5.41, 5.74) is 1.74. The van der Waals surface area contributed by atoms with E-state index in [4.69, 9.17) is 16.0 Å². The first kappa shape index (κ1) is 21.4. The van der Waals surface area contributed by atoms with Crippen molar-refractivity contribution in [3.05, 3.63) is 89.2 Å². The third kappa shape index (κ3) is 5.46. The quantitative estimate of drug-likeness (QED) is 0.499. The van der Waals surface area contributed by atoms with Crippen LogP contribution < -0.4 is 0 Å². The molecule has 1 amide bonds. The van der Waals surface area contributed by atoms with Crippen LogP contribution in [0.1, 0.15) is 17.7 Å². The van der Waals surface area contributed by atoms with E-state index in [1.54, 1.807) is 29.2 Å². The molecule has 160 valence electrons. The van der Waals surface area contributed by atoms with Crippen molar-refractivity contribution < 1.29 is 17.6 Å². The van der Waals surface area contributed by atoms with Gasteiger partial charge in [0.15, 0.2) is 9.84 Å². The molecule has 2 heterocycles. The molecule has 0 spiro atoms. The van der Waals surface area contributed by atoms with Crippen molar-refractivity contribution in [2.45, 2.75) is 19.0 Å². The van der Waals surface area contributed by atoms with Crippen LogP contribution in [0.15, 0.2) is 77.2 Å². The first-order valence-electron chi connectivity index (χ1n) is 9.98. The van der Waals surface area contributed by atoms with Crippen LogP contribution in [0.2, 0.25) is 5.02 Å². The smallest absolute Gasteiger partial charge is 0.247 e. The van der Waals surface area contributed by atoms with Gasteiger partial charge in [-0.1, -0.05) is 54.1 Å². The molecule has 0 bridgehead atoms. The number of carbonyl (C=O) groups excluding carboxylic acids is 1. The van der Waals surface area contributed by atoms with Gasteiger partial charge in [-0.25, -0.2) is 8.42 Å². The second-order valence-corrected chi connectivity index (χ2v) is 10.2. The number of hydrogen-bond acceptors (Lipinski definition) is 4. The number of benzene rings is 2. The predicted octanol–water partition coefficient (Wildman–Crippen LogP) is 4.83. The normalized spacial score (nSPS) is 17.8. The fourth-order valence-corrected chi connectivity index (χ4v) is 5.58. The summed E-state index contributed by atoms with van der Waals surface area (Å²) in [6, 6.07) is 20.1. The average Bonchev–Trinajstić information content (AvgIpc) is 3.37. The maximum absolute atomic E-state index is 13.0. The van der Waals surface area contributed by atoms with E-state index < -0.39 is 9.84 Å². The van der Waals surface area contributed by atoms with E-state index in [0.29, 0.717) is 23.0 Å². The number of furan rings is 1. The lowest BCUT2D eigenvalue weighted by atomic mass is 10.1. The van der Waals surface area contributed by atoms with Crippen molar-refractivity contribution in [3.8, 4) is 11.3 Å². The molecule has 0 unspecified atom stereocenters. The molecular formula is C24H22ClNO4S. The summed E-state index contributed by atoms with van der Waals surface area (Å²) in [6.45, 7) is 0.193. The Morgan fingerprint density at radius 2 is 1.90 bits per heavy atom. The fraction of sp³-hybridized carbons (Fsp3) is 0.208. The topological polar surface area (TPSA) is 67.6 Å². The molecule has 31 heavy (non-hydrogen) atoms. The molecule has 3 aromatic rings. The van der Waals surface area contributed by atoms with E-state index in [0.717, 1.165) is 11.1 Å². The van der Waals surface area contributed by atoms with Gasteiger partial charge < -0.3 is 9.32 Å². The van der Waals surface area contributed by atoms with Gasteiger partial charge in [-0.2, -0.15) is 0 Å². The molecule has 0 radical (unpaired) electrons. The zero-order valence-corrected chi connectivity index (χ0v) is 18.4. The molecule has 1 atom stereocenters. The zero-order valence-electron chi connectivity index (χ0n) is 16.8. The molecule has 2 aromatic carbocycles. The summed E-state index contributed by atoms with van der Waals surface area (Å²) in [4.78, 5) is 14.6. The number of halogens is 1. The number of hydrogen-bond donors (Lipinski definition) is 0. The molecule has 1 aromatic heterocycles. The van der Waals surface area contributed by atoms with Gasteiger partial charge in [0.05, 0.1) is 18.1 Å². The van der Waals surface area contributed by atoms with Crippen LogP contribution in [0.3, 0.4) is 0 Å². The standard InChI is InChI=1S/C24H22ClNO4S/c25-20-8-4-7-19(15-20)23-11-10-22(30-23)16-26(21-13-14-31(28,29)17-21)24(27)12-9-18-5-2-1-3-6-18/h1-12,15,21H,13-14,16-17H2/b12-9+/t21-/m1/s1. The summed E-state index contributed by atoms with van der Waals surface area (Å²) < 4.78 is 30.0. The third-order valence-corrected chi connectivity index (χ3v) is 7.23. The highest BCUT2D eigenvalue weighted by atomic mass is 35.5. The Morgan fingerprint density at radius 3 is 2.61 bits per heavy atom. The first-order chi connectivity index (χ1) is 14.9. The van der Waals surface area contributed by atoms with Crippen LogP contribution in [0, 0.1) is 0 Å². The highest BCUT2D eigenvalue weighted by Gasteiger charge is 2.34. The van der Waals surface area contributed by atoms with Gasteiger partial charge in [0.1, 0.15) is 11.5 Å². The Bertz CT molecular complexity index is 1200. The zero-order chi connectivity index (χ0) is 21.8. The first-order valence-corrected chi connectivity index (χ1v) is 12.2. The monoisotopic (exact) mass is 455 g/mol. The molecule has 7 heteroatoms. The molecule has 1 saturated heterocycles. The van der Waals surface area contributed by atoms with Gasteiger partial charge in [0.2, 0.25) is 5.91 Å². The Hall–Kier alpha value is -2.83. The largest absolute Gasteiger partial charge is 0.459 e. The van der Waals surface area contributed by atoms with Crippen LogP contribution in [0.4, 0.5) is 0 Å². The molecule has 5 nitrogen and oxygen atoms in total. The second kappa shape index (κ2) is 9.12. The summed E-state index contributed by atoms with van der Waals surface area (Å²) in [5.74, 6) is 1.05. The SMILES string of the molecule is O=C(/C=C/c1ccccc1)N(Cc1ccc(-c2cccc(Cl)c2)o1)[C@@H]1CCS(=O)(=O)C1. The molecular weight excluding hydrogens is 434 g/mol. The summed E-state index contributed by atoms with van der Waals surface area (Å²) in [5, 5.41) is 0.606. The Kier molecular flexibility index (Phi) is 6.30. The second-order valence-electron chi connectivity index (χ2n) is 7.54. The van der Waals surface area contributed by atoms with E-state index in [9.17, 15) is 13.2 Å². The van der Waals surface area contributed by atoms with Gasteiger partial charge in [-0.3, -0.25) is 4.79 Å². The molecule has 0 N–H and O–H groups in total. The number of carbonyl (C=O) groups is 1. The van der Waals surface area contributed by atoms with Crippen LogP contribution in [0.25, 0.3) is 17.4 Å². The van der Waals surface area contributed by atoms with Gasteiger partial charge in [0.25, 0.3) is 0 Å². The van der Waals surface area contributed by atoms with Crippen LogP contribution in [0.5, 0.6) is 0 Å². The third-order valence-electron chi connectivity index (χ3n) is 5.25. The Balaban J connectivity index is 1.56. The van der Waals surface area contributed by atoms with Gasteiger partial charge in [-0.05, 0) is 42.3 Å². The fourth-order valence-electron chi connectivity index (χ4n) is 3.66. The van der Waals surface area contributed by atoms with Crippen molar-refractivity contribution >= 4 is 33.4 Å². The van der Waals surface area contributed by atoms with E-state index in [2.05, 4.69) is 0 Å². The number of nitrogens with zero attached hydrogens (tertiary/aromatic N) is 1. The van der Waals surface area contributed by atoms with Gasteiger partial charge in [-0.15, -0.1) is 0 Å². The number of amides is 1. The summed E-state index contributed by atoms with van der Waals surface area (Å²) in [6.07, 6.45) is 3.65. The highest BCUT2D eigenvalue weighted by molar-refractivity contribution is 7.91. The lowest BCUT2D eigenvalue weighted by Crippen LogP contribution is -2.39.